The third-order valence-corrected chi connectivity index (χ3v) is 2.27. The zero-order valence-electron chi connectivity index (χ0n) is 7.51. The summed E-state index contributed by atoms with van der Waals surface area (Å²) < 4.78 is 2.04. The molecule has 0 fully saturated rings. The van der Waals surface area contributed by atoms with Crippen LogP contribution in [-0.2, 0) is 6.54 Å². The molecule has 0 saturated carbocycles. The highest BCUT2D eigenvalue weighted by Gasteiger charge is 2.09. The Hall–Kier alpha value is -1.91. The fraction of sp³-hybridized carbons (Fsp3) is 0.222. The summed E-state index contributed by atoms with van der Waals surface area (Å²) >= 11 is 0. The van der Waals surface area contributed by atoms with Crippen molar-refractivity contribution in [3.8, 4) is 0 Å². The van der Waals surface area contributed by atoms with Crippen molar-refractivity contribution in [2.24, 2.45) is 0 Å². The molecule has 5 nitrogen and oxygen atoms in total. The number of nitrogens with zero attached hydrogens (tertiary/aromatic N) is 4. The summed E-state index contributed by atoms with van der Waals surface area (Å²) in [5.41, 5.74) is 1.73. The number of nitrogens with one attached hydrogen (secondary N) is 1. The van der Waals surface area contributed by atoms with Crippen LogP contribution >= 0.6 is 0 Å². The Morgan fingerprint density at radius 1 is 1.21 bits per heavy atom. The van der Waals surface area contributed by atoms with Crippen LogP contribution in [0.15, 0.2) is 24.8 Å². The highest BCUT2D eigenvalue weighted by molar-refractivity contribution is 5.83. The molecule has 14 heavy (non-hydrogen) atoms. The summed E-state index contributed by atoms with van der Waals surface area (Å²) in [7, 11) is 0. The van der Waals surface area contributed by atoms with Gasteiger partial charge in [0.25, 0.3) is 0 Å². The molecule has 0 radical (unpaired) electrons. The first-order valence-electron chi connectivity index (χ1n) is 4.50. The maximum absolute atomic E-state index is 4.21. The van der Waals surface area contributed by atoms with E-state index in [4.69, 9.17) is 0 Å². The minimum atomic E-state index is 0.748. The van der Waals surface area contributed by atoms with Crippen molar-refractivity contribution in [1.29, 1.82) is 0 Å². The van der Waals surface area contributed by atoms with Crippen molar-refractivity contribution in [2.45, 2.75) is 6.54 Å². The summed E-state index contributed by atoms with van der Waals surface area (Å²) in [5.74, 6) is 0.858. The van der Waals surface area contributed by atoms with Crippen LogP contribution < -0.4 is 5.32 Å². The normalized spacial score (nSPS) is 17.1. The molecule has 0 spiro atoms. The minimum absolute atomic E-state index is 0.748. The molecule has 1 N–H and O–H groups in total. The van der Waals surface area contributed by atoms with Gasteiger partial charge >= 0.3 is 0 Å². The van der Waals surface area contributed by atoms with Gasteiger partial charge in [0, 0.05) is 13.1 Å². The van der Waals surface area contributed by atoms with Gasteiger partial charge in [-0.15, -0.1) is 0 Å². The predicted octanol–water partition coefficient (Wildman–Crippen LogP) is 0.808. The molecule has 0 amide bonds. The van der Waals surface area contributed by atoms with E-state index in [0.29, 0.717) is 0 Å². The first-order chi connectivity index (χ1) is 6.95. The number of hydrogen-bond acceptors (Lipinski definition) is 4. The molecule has 1 aliphatic rings. The van der Waals surface area contributed by atoms with Crippen molar-refractivity contribution in [3.63, 3.8) is 0 Å². The maximum atomic E-state index is 4.21. The molecule has 0 bridgehead atoms. The van der Waals surface area contributed by atoms with Crippen LogP contribution in [0.1, 0.15) is 0 Å². The fourth-order valence-corrected chi connectivity index (χ4v) is 1.61. The summed E-state index contributed by atoms with van der Waals surface area (Å²) in [4.78, 5) is 12.5. The predicted molar refractivity (Wildman–Crippen MR) is 53.0 cm³/mol. The number of hydrogen-bond donors (Lipinski definition) is 1. The van der Waals surface area contributed by atoms with E-state index in [9.17, 15) is 0 Å². The molecular formula is C9H9N5. The van der Waals surface area contributed by atoms with Gasteiger partial charge in [-0.25, -0.2) is 15.0 Å². The van der Waals surface area contributed by atoms with Gasteiger partial charge in [-0.2, -0.15) is 0 Å². The smallest absolute Gasteiger partial charge is 0.182 e. The van der Waals surface area contributed by atoms with Crippen LogP contribution in [0.5, 0.6) is 0 Å². The topological polar surface area (TPSA) is 55.6 Å². The number of rotatable bonds is 0. The average Bonchev–Trinajstić information content (AvgIpc) is 2.57. The quantitative estimate of drug-likeness (QED) is 0.620. The van der Waals surface area contributed by atoms with E-state index < -0.39 is 0 Å². The Balaban J connectivity index is 2.33. The van der Waals surface area contributed by atoms with Crippen LogP contribution in [-0.4, -0.2) is 26.1 Å². The Morgan fingerprint density at radius 2 is 2.21 bits per heavy atom. The second-order valence-electron chi connectivity index (χ2n) is 3.14. The Morgan fingerprint density at radius 3 is 3.21 bits per heavy atom. The van der Waals surface area contributed by atoms with Gasteiger partial charge in [-0.1, -0.05) is 12.2 Å². The van der Waals surface area contributed by atoms with Gasteiger partial charge in [0.2, 0.25) is 0 Å². The zero-order valence-corrected chi connectivity index (χ0v) is 7.51. The number of anilines is 1. The van der Waals surface area contributed by atoms with Gasteiger partial charge in [0.15, 0.2) is 11.5 Å². The molecule has 3 rings (SSSR count). The van der Waals surface area contributed by atoms with E-state index in [2.05, 4.69) is 32.4 Å². The second kappa shape index (κ2) is 2.80. The second-order valence-corrected chi connectivity index (χ2v) is 3.14. The molecule has 2 aromatic heterocycles. The van der Waals surface area contributed by atoms with Crippen LogP contribution in [0.2, 0.25) is 0 Å². The van der Waals surface area contributed by atoms with E-state index in [-0.39, 0.29) is 0 Å². The van der Waals surface area contributed by atoms with Crippen molar-refractivity contribution < 1.29 is 0 Å². The number of imidazole rings is 1. The summed E-state index contributed by atoms with van der Waals surface area (Å²) in [6.07, 6.45) is 7.51. The van der Waals surface area contributed by atoms with E-state index in [0.717, 1.165) is 30.1 Å². The molecule has 0 saturated heterocycles. The van der Waals surface area contributed by atoms with E-state index in [1.807, 2.05) is 4.57 Å². The van der Waals surface area contributed by atoms with E-state index in [1.54, 1.807) is 6.33 Å². The van der Waals surface area contributed by atoms with Crippen molar-refractivity contribution in [3.05, 3.63) is 24.8 Å². The largest absolute Gasteiger partial charge is 0.365 e. The molecule has 3 heterocycles. The molecule has 0 aromatic carbocycles. The Kier molecular flexibility index (Phi) is 1.50. The molecular weight excluding hydrogens is 178 g/mol. The summed E-state index contributed by atoms with van der Waals surface area (Å²) in [6, 6.07) is 0. The fourth-order valence-electron chi connectivity index (χ4n) is 1.61. The van der Waals surface area contributed by atoms with Crippen LogP contribution in [0.25, 0.3) is 11.2 Å². The average molecular weight is 187 g/mol. The molecule has 70 valence electrons. The molecule has 5 heteroatoms. The SMILES string of the molecule is C1=C\Cn2cnc3ncnc(c32)NC/1. The minimum Gasteiger partial charge on any atom is -0.365 e. The van der Waals surface area contributed by atoms with E-state index in [1.165, 1.54) is 6.33 Å². The molecule has 0 atom stereocenters. The number of allylic oxidation sites excluding steroid dienone is 1. The first kappa shape index (κ1) is 7.49. The zero-order chi connectivity index (χ0) is 9.38. The standard InChI is InChI=1S/C9H9N5/c1-2-4-14-6-13-9-7(14)8(10-3-1)11-5-12-9/h1-2,5-6H,3-4H2,(H,10,11,12)/b2-1-. The third kappa shape index (κ3) is 0.985. The van der Waals surface area contributed by atoms with Gasteiger partial charge in [0.05, 0.1) is 6.33 Å². The molecule has 1 aliphatic heterocycles. The highest BCUT2D eigenvalue weighted by atomic mass is 15.1. The monoisotopic (exact) mass is 187 g/mol. The van der Waals surface area contributed by atoms with Gasteiger partial charge in [-0.05, 0) is 0 Å². The summed E-state index contributed by atoms with van der Waals surface area (Å²) in [5, 5.41) is 3.22. The lowest BCUT2D eigenvalue weighted by Crippen LogP contribution is -2.07. The number of aromatic nitrogens is 4. The van der Waals surface area contributed by atoms with Crippen molar-refractivity contribution in [2.75, 3.05) is 11.9 Å². The third-order valence-electron chi connectivity index (χ3n) is 2.27. The lowest BCUT2D eigenvalue weighted by Gasteiger charge is -2.09. The molecule has 0 aliphatic carbocycles. The lowest BCUT2D eigenvalue weighted by atomic mass is 10.4. The highest BCUT2D eigenvalue weighted by Crippen LogP contribution is 2.18. The van der Waals surface area contributed by atoms with Crippen LogP contribution in [0, 0.1) is 0 Å². The molecule has 2 aromatic rings. The Bertz CT molecular complexity index is 499. The first-order valence-corrected chi connectivity index (χ1v) is 4.50. The van der Waals surface area contributed by atoms with Gasteiger partial charge < -0.3 is 9.88 Å². The van der Waals surface area contributed by atoms with Gasteiger partial charge in [0.1, 0.15) is 11.8 Å². The summed E-state index contributed by atoms with van der Waals surface area (Å²) in [6.45, 7) is 1.63. The molecule has 0 unspecified atom stereocenters. The van der Waals surface area contributed by atoms with Crippen LogP contribution in [0.4, 0.5) is 5.82 Å². The lowest BCUT2D eigenvalue weighted by molar-refractivity contribution is 0.841. The van der Waals surface area contributed by atoms with Gasteiger partial charge in [-0.3, -0.25) is 0 Å². The van der Waals surface area contributed by atoms with Crippen molar-refractivity contribution >= 4 is 17.0 Å². The van der Waals surface area contributed by atoms with Crippen molar-refractivity contribution in [1.82, 2.24) is 19.5 Å². The van der Waals surface area contributed by atoms with E-state index >= 15 is 0 Å². The Labute approximate surface area is 80.5 Å². The maximum Gasteiger partial charge on any atom is 0.182 e. The van der Waals surface area contributed by atoms with Crippen LogP contribution in [0.3, 0.4) is 0 Å².